The molecule has 0 saturated carbocycles. The number of aliphatic carboxylic acids is 1. The van der Waals surface area contributed by atoms with Gasteiger partial charge < -0.3 is 15.3 Å². The molecule has 0 radical (unpaired) electrons. The van der Waals surface area contributed by atoms with E-state index in [0.717, 1.165) is 6.42 Å². The summed E-state index contributed by atoms with van der Waals surface area (Å²) in [6, 6.07) is -1.13. The topological polar surface area (TPSA) is 69.6 Å². The Bertz CT molecular complexity index is 271. The van der Waals surface area contributed by atoms with Crippen LogP contribution in [0.5, 0.6) is 0 Å². The van der Waals surface area contributed by atoms with Crippen molar-refractivity contribution in [2.45, 2.75) is 46.6 Å². The third kappa shape index (κ3) is 6.81. The largest absolute Gasteiger partial charge is 0.480 e. The van der Waals surface area contributed by atoms with Crippen molar-refractivity contribution in [1.29, 1.82) is 0 Å². The molecule has 17 heavy (non-hydrogen) atoms. The summed E-state index contributed by atoms with van der Waals surface area (Å²) in [6.45, 7) is 8.55. The van der Waals surface area contributed by atoms with Crippen LogP contribution in [0.25, 0.3) is 0 Å². The molecule has 0 aliphatic carbocycles. The molecule has 0 saturated heterocycles. The first-order valence-electron chi connectivity index (χ1n) is 5.92. The molecular formula is C12H24N2O3. The number of amides is 2. The number of carboxylic acids is 1. The molecule has 0 aromatic heterocycles. The first-order chi connectivity index (χ1) is 7.67. The SMILES string of the molecule is CCCC(NC(=O)N(C)CC(C)(C)C)C(=O)O. The molecule has 0 aromatic rings. The van der Waals surface area contributed by atoms with Crippen LogP contribution in [-0.2, 0) is 4.79 Å². The molecule has 0 bridgehead atoms. The van der Waals surface area contributed by atoms with E-state index in [2.05, 4.69) is 5.32 Å². The summed E-state index contributed by atoms with van der Waals surface area (Å²) in [5, 5.41) is 11.5. The minimum Gasteiger partial charge on any atom is -0.480 e. The van der Waals surface area contributed by atoms with Crippen LogP contribution in [0.15, 0.2) is 0 Å². The number of carbonyl (C=O) groups is 2. The van der Waals surface area contributed by atoms with Gasteiger partial charge in [-0.05, 0) is 11.8 Å². The van der Waals surface area contributed by atoms with Crippen molar-refractivity contribution in [1.82, 2.24) is 10.2 Å². The van der Waals surface area contributed by atoms with Crippen LogP contribution >= 0.6 is 0 Å². The van der Waals surface area contributed by atoms with E-state index >= 15 is 0 Å². The van der Waals surface area contributed by atoms with Crippen LogP contribution in [0.2, 0.25) is 0 Å². The lowest BCUT2D eigenvalue weighted by Crippen LogP contribution is -2.48. The van der Waals surface area contributed by atoms with Gasteiger partial charge in [0.05, 0.1) is 0 Å². The summed E-state index contributed by atoms with van der Waals surface area (Å²) >= 11 is 0. The van der Waals surface area contributed by atoms with E-state index < -0.39 is 12.0 Å². The molecule has 5 nitrogen and oxygen atoms in total. The maximum atomic E-state index is 11.8. The van der Waals surface area contributed by atoms with Crippen LogP contribution < -0.4 is 5.32 Å². The molecular weight excluding hydrogens is 220 g/mol. The summed E-state index contributed by atoms with van der Waals surface area (Å²) in [5.41, 5.74) is -0.00440. The Balaban J connectivity index is 4.35. The molecule has 0 spiro atoms. The number of hydrogen-bond acceptors (Lipinski definition) is 2. The molecule has 2 N–H and O–H groups in total. The molecule has 1 unspecified atom stereocenters. The second-order valence-electron chi connectivity index (χ2n) is 5.55. The first kappa shape index (κ1) is 15.7. The highest BCUT2D eigenvalue weighted by Crippen LogP contribution is 2.14. The average molecular weight is 244 g/mol. The van der Waals surface area contributed by atoms with E-state index in [1.54, 1.807) is 7.05 Å². The van der Waals surface area contributed by atoms with E-state index in [9.17, 15) is 9.59 Å². The van der Waals surface area contributed by atoms with E-state index in [0.29, 0.717) is 13.0 Å². The molecule has 0 heterocycles. The zero-order chi connectivity index (χ0) is 13.6. The van der Waals surface area contributed by atoms with Crippen molar-refractivity contribution in [3.63, 3.8) is 0 Å². The van der Waals surface area contributed by atoms with Gasteiger partial charge in [-0.25, -0.2) is 9.59 Å². The quantitative estimate of drug-likeness (QED) is 0.776. The van der Waals surface area contributed by atoms with Crippen LogP contribution in [0.1, 0.15) is 40.5 Å². The fraction of sp³-hybridized carbons (Fsp3) is 0.833. The van der Waals surface area contributed by atoms with Crippen LogP contribution in [0.3, 0.4) is 0 Å². The second-order valence-corrected chi connectivity index (χ2v) is 5.55. The number of urea groups is 1. The van der Waals surface area contributed by atoms with E-state index in [1.807, 2.05) is 27.7 Å². The van der Waals surface area contributed by atoms with Gasteiger partial charge >= 0.3 is 12.0 Å². The van der Waals surface area contributed by atoms with Gasteiger partial charge in [-0.1, -0.05) is 34.1 Å². The number of carboxylic acid groups (broad SMARTS) is 1. The van der Waals surface area contributed by atoms with Gasteiger partial charge in [0.25, 0.3) is 0 Å². The lowest BCUT2D eigenvalue weighted by Gasteiger charge is -2.27. The Kier molecular flexibility index (Phi) is 5.99. The van der Waals surface area contributed by atoms with Crippen molar-refractivity contribution in [3.05, 3.63) is 0 Å². The van der Waals surface area contributed by atoms with Gasteiger partial charge in [-0.2, -0.15) is 0 Å². The lowest BCUT2D eigenvalue weighted by molar-refractivity contribution is -0.139. The third-order valence-electron chi connectivity index (χ3n) is 2.23. The summed E-state index contributed by atoms with van der Waals surface area (Å²) in [7, 11) is 1.67. The molecule has 0 aromatic carbocycles. The first-order valence-corrected chi connectivity index (χ1v) is 5.92. The number of hydrogen-bond donors (Lipinski definition) is 2. The molecule has 0 rings (SSSR count). The van der Waals surface area contributed by atoms with Gasteiger partial charge in [0, 0.05) is 13.6 Å². The number of nitrogens with zero attached hydrogens (tertiary/aromatic N) is 1. The van der Waals surface area contributed by atoms with Gasteiger partial charge in [0.1, 0.15) is 6.04 Å². The smallest absolute Gasteiger partial charge is 0.326 e. The summed E-state index contributed by atoms with van der Waals surface area (Å²) < 4.78 is 0. The third-order valence-corrected chi connectivity index (χ3v) is 2.23. The number of carbonyl (C=O) groups excluding carboxylic acids is 1. The Labute approximate surface area is 103 Å². The molecule has 100 valence electrons. The highest BCUT2D eigenvalue weighted by molar-refractivity contribution is 5.82. The van der Waals surface area contributed by atoms with Crippen LogP contribution in [0.4, 0.5) is 4.79 Å². The van der Waals surface area contributed by atoms with Crippen molar-refractivity contribution >= 4 is 12.0 Å². The van der Waals surface area contributed by atoms with Gasteiger partial charge in [-0.15, -0.1) is 0 Å². The summed E-state index contributed by atoms with van der Waals surface area (Å²) in [4.78, 5) is 24.2. The maximum Gasteiger partial charge on any atom is 0.326 e. The predicted molar refractivity (Wildman–Crippen MR) is 66.9 cm³/mol. The lowest BCUT2D eigenvalue weighted by atomic mass is 9.96. The fourth-order valence-electron chi connectivity index (χ4n) is 1.59. The molecule has 0 fully saturated rings. The number of rotatable bonds is 5. The fourth-order valence-corrected chi connectivity index (χ4v) is 1.59. The van der Waals surface area contributed by atoms with Gasteiger partial charge in [0.2, 0.25) is 0 Å². The summed E-state index contributed by atoms with van der Waals surface area (Å²) in [5.74, 6) is -0.982. The number of nitrogens with one attached hydrogen (secondary N) is 1. The Morgan fingerprint density at radius 2 is 1.88 bits per heavy atom. The predicted octanol–water partition coefficient (Wildman–Crippen LogP) is 1.93. The zero-order valence-corrected chi connectivity index (χ0v) is 11.4. The molecule has 5 heteroatoms. The van der Waals surface area contributed by atoms with Crippen molar-refractivity contribution in [3.8, 4) is 0 Å². The Morgan fingerprint density at radius 3 is 2.24 bits per heavy atom. The molecule has 0 aliphatic heterocycles. The highest BCUT2D eigenvalue weighted by atomic mass is 16.4. The second kappa shape index (κ2) is 6.47. The Hall–Kier alpha value is -1.26. The minimum absolute atomic E-state index is 0.00440. The normalized spacial score (nSPS) is 13.0. The standard InChI is InChI=1S/C12H24N2O3/c1-6-7-9(10(15)16)13-11(17)14(5)8-12(2,3)4/h9H,6-8H2,1-5H3,(H,13,17)(H,15,16). The van der Waals surface area contributed by atoms with Crippen LogP contribution in [0, 0.1) is 5.41 Å². The van der Waals surface area contributed by atoms with Crippen molar-refractivity contribution in [2.24, 2.45) is 5.41 Å². The maximum absolute atomic E-state index is 11.8. The zero-order valence-electron chi connectivity index (χ0n) is 11.4. The molecule has 0 aliphatic rings. The summed E-state index contributed by atoms with van der Waals surface area (Å²) in [6.07, 6.45) is 1.17. The van der Waals surface area contributed by atoms with Crippen molar-refractivity contribution in [2.75, 3.05) is 13.6 Å². The van der Waals surface area contributed by atoms with Crippen LogP contribution in [-0.4, -0.2) is 41.6 Å². The van der Waals surface area contributed by atoms with Gasteiger partial charge in [0.15, 0.2) is 0 Å². The van der Waals surface area contributed by atoms with Gasteiger partial charge in [-0.3, -0.25) is 0 Å². The molecule has 2 amide bonds. The van der Waals surface area contributed by atoms with Crippen molar-refractivity contribution < 1.29 is 14.7 Å². The van der Waals surface area contributed by atoms with E-state index in [1.165, 1.54) is 4.90 Å². The Morgan fingerprint density at radius 1 is 1.35 bits per heavy atom. The molecule has 1 atom stereocenters. The highest BCUT2D eigenvalue weighted by Gasteiger charge is 2.23. The van der Waals surface area contributed by atoms with E-state index in [-0.39, 0.29) is 11.4 Å². The van der Waals surface area contributed by atoms with E-state index in [4.69, 9.17) is 5.11 Å². The minimum atomic E-state index is -0.982. The monoisotopic (exact) mass is 244 g/mol. The average Bonchev–Trinajstić information content (AvgIpc) is 2.13.